The second kappa shape index (κ2) is 4.91. The van der Waals surface area contributed by atoms with Gasteiger partial charge in [-0.3, -0.25) is 14.4 Å². The van der Waals surface area contributed by atoms with Crippen LogP contribution in [0.1, 0.15) is 40.5 Å². The van der Waals surface area contributed by atoms with Crippen LogP contribution in [0.3, 0.4) is 0 Å². The summed E-state index contributed by atoms with van der Waals surface area (Å²) in [6.45, 7) is 7.96. The average molecular weight is 314 g/mol. The maximum atomic E-state index is 12.7. The van der Waals surface area contributed by atoms with Gasteiger partial charge in [0, 0.05) is 18.7 Å². The molecule has 1 aromatic rings. The van der Waals surface area contributed by atoms with E-state index in [-0.39, 0.29) is 17.7 Å². The van der Waals surface area contributed by atoms with Gasteiger partial charge in [0.25, 0.3) is 0 Å². The van der Waals surface area contributed by atoms with Crippen molar-refractivity contribution in [2.45, 2.75) is 40.5 Å². The summed E-state index contributed by atoms with van der Waals surface area (Å²) in [7, 11) is 0. The molecule has 0 bridgehead atoms. The highest BCUT2D eigenvalue weighted by molar-refractivity contribution is 6.24. The average Bonchev–Trinajstić information content (AvgIpc) is 2.97. The molecule has 0 atom stereocenters. The highest BCUT2D eigenvalue weighted by atomic mass is 16.2. The molecule has 2 saturated heterocycles. The lowest BCUT2D eigenvalue weighted by Crippen LogP contribution is -2.35. The third kappa shape index (κ3) is 2.10. The van der Waals surface area contributed by atoms with Crippen LogP contribution in [-0.4, -0.2) is 24.3 Å². The minimum absolute atomic E-state index is 0.119. The summed E-state index contributed by atoms with van der Waals surface area (Å²) in [5, 5.41) is 0. The summed E-state index contributed by atoms with van der Waals surface area (Å²) in [5.74, 6) is -0.247. The third-order valence-corrected chi connectivity index (χ3v) is 5.53. The normalized spacial score (nSPS) is 23.0. The quantitative estimate of drug-likeness (QED) is 0.789. The minimum atomic E-state index is -0.742. The van der Waals surface area contributed by atoms with E-state index < -0.39 is 10.8 Å². The van der Waals surface area contributed by atoms with E-state index in [1.165, 1.54) is 4.90 Å². The SMILES string of the molecule is CC1(C)C(=O)N(c2ccc(N3CCCC3=O)cc2)C(=O)C1(C)C. The fourth-order valence-electron chi connectivity index (χ4n) is 3.12. The van der Waals surface area contributed by atoms with Gasteiger partial charge in [-0.15, -0.1) is 0 Å². The Balaban J connectivity index is 1.92. The van der Waals surface area contributed by atoms with Gasteiger partial charge in [-0.25, -0.2) is 4.90 Å². The topological polar surface area (TPSA) is 57.7 Å². The monoisotopic (exact) mass is 314 g/mol. The van der Waals surface area contributed by atoms with E-state index in [0.717, 1.165) is 18.7 Å². The Bertz CT molecular complexity index is 663. The molecule has 5 heteroatoms. The number of carbonyl (C=O) groups excluding carboxylic acids is 3. The lowest BCUT2D eigenvalue weighted by Gasteiger charge is -2.28. The number of amides is 3. The Morgan fingerprint density at radius 2 is 1.30 bits per heavy atom. The number of hydrogen-bond acceptors (Lipinski definition) is 3. The van der Waals surface area contributed by atoms with Gasteiger partial charge in [0.15, 0.2) is 0 Å². The summed E-state index contributed by atoms with van der Waals surface area (Å²) >= 11 is 0. The maximum Gasteiger partial charge on any atom is 0.240 e. The van der Waals surface area contributed by atoms with Crippen molar-refractivity contribution in [2.24, 2.45) is 10.8 Å². The maximum absolute atomic E-state index is 12.7. The summed E-state index contributed by atoms with van der Waals surface area (Å²) in [6, 6.07) is 7.09. The molecule has 3 rings (SSSR count). The first-order valence-corrected chi connectivity index (χ1v) is 7.97. The lowest BCUT2D eigenvalue weighted by molar-refractivity contribution is -0.129. The number of carbonyl (C=O) groups is 3. The summed E-state index contributed by atoms with van der Waals surface area (Å²) < 4.78 is 0. The molecule has 0 aromatic heterocycles. The second-order valence-corrected chi connectivity index (χ2v) is 7.36. The van der Waals surface area contributed by atoms with Gasteiger partial charge in [-0.05, 0) is 58.4 Å². The van der Waals surface area contributed by atoms with Crippen molar-refractivity contribution >= 4 is 29.1 Å². The summed E-state index contributed by atoms with van der Waals surface area (Å²) in [4.78, 5) is 40.2. The molecular weight excluding hydrogens is 292 g/mol. The van der Waals surface area contributed by atoms with Gasteiger partial charge in [-0.1, -0.05) is 0 Å². The minimum Gasteiger partial charge on any atom is -0.312 e. The Morgan fingerprint density at radius 1 is 0.826 bits per heavy atom. The number of anilines is 2. The molecule has 2 fully saturated rings. The molecule has 2 aliphatic rings. The predicted molar refractivity (Wildman–Crippen MR) is 88.1 cm³/mol. The van der Waals surface area contributed by atoms with Gasteiger partial charge in [0.05, 0.1) is 16.5 Å². The molecule has 1 aromatic carbocycles. The van der Waals surface area contributed by atoms with Crippen molar-refractivity contribution in [3.8, 4) is 0 Å². The molecular formula is C18H22N2O3. The van der Waals surface area contributed by atoms with E-state index in [1.807, 2.05) is 27.7 Å². The van der Waals surface area contributed by atoms with Gasteiger partial charge in [0.2, 0.25) is 17.7 Å². The number of benzene rings is 1. The van der Waals surface area contributed by atoms with E-state index in [1.54, 1.807) is 29.2 Å². The van der Waals surface area contributed by atoms with Crippen LogP contribution >= 0.6 is 0 Å². The van der Waals surface area contributed by atoms with Crippen molar-refractivity contribution < 1.29 is 14.4 Å². The van der Waals surface area contributed by atoms with E-state index in [0.29, 0.717) is 12.1 Å². The molecule has 0 radical (unpaired) electrons. The Kier molecular flexibility index (Phi) is 3.36. The molecule has 0 aliphatic carbocycles. The van der Waals surface area contributed by atoms with Crippen LogP contribution < -0.4 is 9.80 Å². The molecule has 122 valence electrons. The first-order chi connectivity index (χ1) is 10.7. The van der Waals surface area contributed by atoms with Crippen LogP contribution in [0.25, 0.3) is 0 Å². The second-order valence-electron chi connectivity index (χ2n) is 7.36. The number of rotatable bonds is 2. The van der Waals surface area contributed by atoms with E-state index in [4.69, 9.17) is 0 Å². The summed E-state index contributed by atoms with van der Waals surface area (Å²) in [6.07, 6.45) is 1.44. The van der Waals surface area contributed by atoms with Gasteiger partial charge < -0.3 is 4.90 Å². The van der Waals surface area contributed by atoms with Gasteiger partial charge >= 0.3 is 0 Å². The van der Waals surface area contributed by atoms with Gasteiger partial charge in [-0.2, -0.15) is 0 Å². The number of hydrogen-bond donors (Lipinski definition) is 0. The van der Waals surface area contributed by atoms with Crippen molar-refractivity contribution in [3.05, 3.63) is 24.3 Å². The zero-order valence-electron chi connectivity index (χ0n) is 14.0. The number of imide groups is 1. The molecule has 0 saturated carbocycles. The largest absolute Gasteiger partial charge is 0.312 e. The van der Waals surface area contributed by atoms with Crippen molar-refractivity contribution in [3.63, 3.8) is 0 Å². The first-order valence-electron chi connectivity index (χ1n) is 7.97. The molecule has 2 aliphatic heterocycles. The van der Waals surface area contributed by atoms with Crippen molar-refractivity contribution in [1.82, 2.24) is 0 Å². The Hall–Kier alpha value is -2.17. The van der Waals surface area contributed by atoms with Crippen LogP contribution in [0.4, 0.5) is 11.4 Å². The molecule has 2 heterocycles. The molecule has 23 heavy (non-hydrogen) atoms. The first kappa shape index (κ1) is 15.7. The predicted octanol–water partition coefficient (Wildman–Crippen LogP) is 2.74. The van der Waals surface area contributed by atoms with Crippen LogP contribution in [0, 0.1) is 10.8 Å². The molecule has 5 nitrogen and oxygen atoms in total. The standard InChI is InChI=1S/C18H22N2O3/c1-17(2)15(22)20(16(23)18(17,3)4)13-9-7-12(8-10-13)19-11-5-6-14(19)21/h7-10H,5-6,11H2,1-4H3. The third-order valence-electron chi connectivity index (χ3n) is 5.53. The molecule has 0 N–H and O–H groups in total. The fourth-order valence-corrected chi connectivity index (χ4v) is 3.12. The van der Waals surface area contributed by atoms with E-state index in [9.17, 15) is 14.4 Å². The van der Waals surface area contributed by atoms with Crippen LogP contribution in [0.5, 0.6) is 0 Å². The molecule has 3 amide bonds. The van der Waals surface area contributed by atoms with Gasteiger partial charge in [0.1, 0.15) is 0 Å². The highest BCUT2D eigenvalue weighted by Crippen LogP contribution is 2.48. The van der Waals surface area contributed by atoms with E-state index in [2.05, 4.69) is 0 Å². The van der Waals surface area contributed by atoms with Crippen LogP contribution in [0.2, 0.25) is 0 Å². The summed E-state index contributed by atoms with van der Waals surface area (Å²) in [5.41, 5.74) is -0.107. The smallest absolute Gasteiger partial charge is 0.240 e. The number of nitrogens with zero attached hydrogens (tertiary/aromatic N) is 2. The van der Waals surface area contributed by atoms with Crippen molar-refractivity contribution in [2.75, 3.05) is 16.3 Å². The zero-order valence-corrected chi connectivity index (χ0v) is 14.0. The zero-order chi connectivity index (χ0) is 17.0. The molecule has 0 unspecified atom stereocenters. The Labute approximate surface area is 136 Å². The van der Waals surface area contributed by atoms with Crippen molar-refractivity contribution in [1.29, 1.82) is 0 Å². The Morgan fingerprint density at radius 3 is 1.74 bits per heavy atom. The lowest BCUT2D eigenvalue weighted by atomic mass is 9.70. The fraction of sp³-hybridized carbons (Fsp3) is 0.500. The molecule has 0 spiro atoms. The van der Waals surface area contributed by atoms with E-state index >= 15 is 0 Å². The van der Waals surface area contributed by atoms with Crippen LogP contribution in [0.15, 0.2) is 24.3 Å². The highest BCUT2D eigenvalue weighted by Gasteiger charge is 2.59. The van der Waals surface area contributed by atoms with Crippen LogP contribution in [-0.2, 0) is 14.4 Å².